The van der Waals surface area contributed by atoms with Crippen LogP contribution in [0.4, 0.5) is 5.69 Å². The SMILES string of the molecule is CNCc1c(Br)cccc1N(C)C. The highest BCUT2D eigenvalue weighted by atomic mass is 79.9. The number of anilines is 1. The number of nitrogens with one attached hydrogen (secondary N) is 1. The minimum Gasteiger partial charge on any atom is -0.377 e. The van der Waals surface area contributed by atoms with Crippen LogP contribution in [0.5, 0.6) is 0 Å². The van der Waals surface area contributed by atoms with Crippen molar-refractivity contribution in [1.29, 1.82) is 0 Å². The van der Waals surface area contributed by atoms with Gasteiger partial charge in [-0.3, -0.25) is 0 Å². The Morgan fingerprint density at radius 2 is 2.08 bits per heavy atom. The molecule has 0 amide bonds. The van der Waals surface area contributed by atoms with Crippen molar-refractivity contribution < 1.29 is 0 Å². The van der Waals surface area contributed by atoms with Crippen LogP contribution in [-0.4, -0.2) is 21.1 Å². The lowest BCUT2D eigenvalue weighted by Crippen LogP contribution is -2.15. The van der Waals surface area contributed by atoms with Crippen molar-refractivity contribution in [3.63, 3.8) is 0 Å². The van der Waals surface area contributed by atoms with Gasteiger partial charge in [-0.25, -0.2) is 0 Å². The van der Waals surface area contributed by atoms with Crippen molar-refractivity contribution in [3.8, 4) is 0 Å². The number of hydrogen-bond acceptors (Lipinski definition) is 2. The zero-order valence-electron chi connectivity index (χ0n) is 8.26. The molecule has 2 nitrogen and oxygen atoms in total. The molecule has 1 aromatic rings. The summed E-state index contributed by atoms with van der Waals surface area (Å²) in [6.07, 6.45) is 0. The van der Waals surface area contributed by atoms with Gasteiger partial charge in [0.2, 0.25) is 0 Å². The summed E-state index contributed by atoms with van der Waals surface area (Å²) in [6, 6.07) is 6.25. The molecule has 0 bridgehead atoms. The molecule has 72 valence electrons. The lowest BCUT2D eigenvalue weighted by Gasteiger charge is -2.18. The lowest BCUT2D eigenvalue weighted by atomic mass is 10.1. The van der Waals surface area contributed by atoms with Crippen molar-refractivity contribution in [2.24, 2.45) is 0 Å². The van der Waals surface area contributed by atoms with Gasteiger partial charge in [-0.15, -0.1) is 0 Å². The maximum atomic E-state index is 3.55. The van der Waals surface area contributed by atoms with E-state index in [1.54, 1.807) is 0 Å². The number of halogens is 1. The number of rotatable bonds is 3. The quantitative estimate of drug-likeness (QED) is 0.875. The molecular weight excluding hydrogens is 228 g/mol. The third-order valence-corrected chi connectivity index (χ3v) is 2.67. The molecule has 0 atom stereocenters. The van der Waals surface area contributed by atoms with Crippen LogP contribution >= 0.6 is 15.9 Å². The van der Waals surface area contributed by atoms with E-state index in [1.165, 1.54) is 11.3 Å². The zero-order chi connectivity index (χ0) is 9.84. The summed E-state index contributed by atoms with van der Waals surface area (Å²) < 4.78 is 1.16. The van der Waals surface area contributed by atoms with Crippen LogP contribution in [0.15, 0.2) is 22.7 Å². The van der Waals surface area contributed by atoms with Gasteiger partial charge >= 0.3 is 0 Å². The molecule has 0 spiro atoms. The lowest BCUT2D eigenvalue weighted by molar-refractivity contribution is 0.811. The molecule has 1 N–H and O–H groups in total. The van der Waals surface area contributed by atoms with Gasteiger partial charge in [-0.05, 0) is 19.2 Å². The molecule has 0 unspecified atom stereocenters. The van der Waals surface area contributed by atoms with Crippen molar-refractivity contribution in [1.82, 2.24) is 5.32 Å². The van der Waals surface area contributed by atoms with E-state index >= 15 is 0 Å². The summed E-state index contributed by atoms with van der Waals surface area (Å²) in [7, 11) is 6.07. The molecule has 0 aromatic heterocycles. The molecule has 0 saturated heterocycles. The molecule has 0 radical (unpaired) electrons. The minimum atomic E-state index is 0.884. The van der Waals surface area contributed by atoms with Crippen LogP contribution in [0.25, 0.3) is 0 Å². The summed E-state index contributed by atoms with van der Waals surface area (Å²) in [5.74, 6) is 0. The number of nitrogens with zero attached hydrogens (tertiary/aromatic N) is 1. The Morgan fingerprint density at radius 3 is 2.62 bits per heavy atom. The summed E-state index contributed by atoms with van der Waals surface area (Å²) in [4.78, 5) is 2.12. The maximum absolute atomic E-state index is 3.55. The molecule has 13 heavy (non-hydrogen) atoms. The van der Waals surface area contributed by atoms with Gasteiger partial charge in [0, 0.05) is 36.4 Å². The second-order valence-electron chi connectivity index (χ2n) is 3.16. The van der Waals surface area contributed by atoms with E-state index in [1.807, 2.05) is 7.05 Å². The molecule has 0 fully saturated rings. The van der Waals surface area contributed by atoms with E-state index in [-0.39, 0.29) is 0 Å². The van der Waals surface area contributed by atoms with Crippen molar-refractivity contribution in [2.45, 2.75) is 6.54 Å². The molecular formula is C10H15BrN2. The first-order valence-corrected chi connectivity index (χ1v) is 5.05. The van der Waals surface area contributed by atoms with Crippen LogP contribution in [0.2, 0.25) is 0 Å². The average Bonchev–Trinajstić information content (AvgIpc) is 2.08. The minimum absolute atomic E-state index is 0.884. The number of hydrogen-bond donors (Lipinski definition) is 1. The highest BCUT2D eigenvalue weighted by Crippen LogP contribution is 2.26. The first-order chi connectivity index (χ1) is 6.16. The molecule has 0 aliphatic heterocycles. The topological polar surface area (TPSA) is 15.3 Å². The molecule has 1 rings (SSSR count). The average molecular weight is 243 g/mol. The van der Waals surface area contributed by atoms with Crippen LogP contribution in [0, 0.1) is 0 Å². The standard InChI is InChI=1S/C10H15BrN2/c1-12-7-8-9(11)5-4-6-10(8)13(2)3/h4-6,12H,7H2,1-3H3. The van der Waals surface area contributed by atoms with Gasteiger partial charge < -0.3 is 10.2 Å². The van der Waals surface area contributed by atoms with Crippen LogP contribution in [-0.2, 0) is 6.54 Å². The van der Waals surface area contributed by atoms with Gasteiger partial charge in [0.15, 0.2) is 0 Å². The van der Waals surface area contributed by atoms with Gasteiger partial charge in [0.1, 0.15) is 0 Å². The summed E-state index contributed by atoms with van der Waals surface area (Å²) in [6.45, 7) is 0.884. The van der Waals surface area contributed by atoms with Crippen LogP contribution in [0.3, 0.4) is 0 Å². The predicted molar refractivity (Wildman–Crippen MR) is 61.2 cm³/mol. The first kappa shape index (κ1) is 10.5. The Bertz CT molecular complexity index is 284. The van der Waals surface area contributed by atoms with Gasteiger partial charge in [0.25, 0.3) is 0 Å². The fourth-order valence-corrected chi connectivity index (χ4v) is 1.81. The Hall–Kier alpha value is -0.540. The Balaban J connectivity index is 3.09. The van der Waals surface area contributed by atoms with Gasteiger partial charge in [-0.2, -0.15) is 0 Å². The van der Waals surface area contributed by atoms with Crippen molar-refractivity contribution >= 4 is 21.6 Å². The Morgan fingerprint density at radius 1 is 1.38 bits per heavy atom. The van der Waals surface area contributed by atoms with E-state index in [0.717, 1.165) is 11.0 Å². The van der Waals surface area contributed by atoms with Gasteiger partial charge in [-0.1, -0.05) is 22.0 Å². The summed E-state index contributed by atoms with van der Waals surface area (Å²) in [5, 5.41) is 3.16. The fourth-order valence-electron chi connectivity index (χ4n) is 1.32. The molecule has 0 heterocycles. The van der Waals surface area contributed by atoms with E-state index in [4.69, 9.17) is 0 Å². The highest BCUT2D eigenvalue weighted by molar-refractivity contribution is 9.10. The Labute approximate surface area is 88.1 Å². The van der Waals surface area contributed by atoms with Crippen molar-refractivity contribution in [2.75, 3.05) is 26.0 Å². The van der Waals surface area contributed by atoms with E-state index in [2.05, 4.69) is 58.4 Å². The first-order valence-electron chi connectivity index (χ1n) is 4.26. The summed E-state index contributed by atoms with van der Waals surface area (Å²) in [5.41, 5.74) is 2.55. The zero-order valence-corrected chi connectivity index (χ0v) is 9.85. The molecule has 0 aliphatic rings. The Kier molecular flexibility index (Phi) is 3.75. The molecule has 1 aromatic carbocycles. The third-order valence-electron chi connectivity index (χ3n) is 1.93. The predicted octanol–water partition coefficient (Wildman–Crippen LogP) is 2.23. The largest absolute Gasteiger partial charge is 0.377 e. The fraction of sp³-hybridized carbons (Fsp3) is 0.400. The summed E-state index contributed by atoms with van der Waals surface area (Å²) >= 11 is 3.55. The van der Waals surface area contributed by atoms with E-state index < -0.39 is 0 Å². The highest BCUT2D eigenvalue weighted by Gasteiger charge is 2.06. The monoisotopic (exact) mass is 242 g/mol. The molecule has 0 aliphatic carbocycles. The molecule has 3 heteroatoms. The normalized spacial score (nSPS) is 10.2. The van der Waals surface area contributed by atoms with E-state index in [9.17, 15) is 0 Å². The second kappa shape index (κ2) is 4.63. The smallest absolute Gasteiger partial charge is 0.0418 e. The van der Waals surface area contributed by atoms with Crippen LogP contribution < -0.4 is 10.2 Å². The van der Waals surface area contributed by atoms with Crippen LogP contribution in [0.1, 0.15) is 5.56 Å². The third kappa shape index (κ3) is 2.45. The van der Waals surface area contributed by atoms with E-state index in [0.29, 0.717) is 0 Å². The number of benzene rings is 1. The van der Waals surface area contributed by atoms with Crippen molar-refractivity contribution in [3.05, 3.63) is 28.2 Å². The maximum Gasteiger partial charge on any atom is 0.0418 e. The van der Waals surface area contributed by atoms with Gasteiger partial charge in [0.05, 0.1) is 0 Å². The second-order valence-corrected chi connectivity index (χ2v) is 4.02. The molecule has 0 saturated carbocycles.